The molecule has 7 nitrogen and oxygen atoms in total. The first-order valence-electron chi connectivity index (χ1n) is 7.62. The van der Waals surface area contributed by atoms with Crippen molar-refractivity contribution in [3.8, 4) is 11.4 Å². The minimum atomic E-state index is -0.452. The molecule has 2 heterocycles. The van der Waals surface area contributed by atoms with Crippen LogP contribution in [-0.2, 0) is 4.79 Å². The van der Waals surface area contributed by atoms with Gasteiger partial charge in [0.25, 0.3) is 5.69 Å². The zero-order valence-corrected chi connectivity index (χ0v) is 15.3. The van der Waals surface area contributed by atoms with E-state index in [-0.39, 0.29) is 16.8 Å². The maximum absolute atomic E-state index is 12.3. The van der Waals surface area contributed by atoms with E-state index in [9.17, 15) is 14.9 Å². The van der Waals surface area contributed by atoms with E-state index in [1.165, 1.54) is 35.2 Å². The molecule has 0 aliphatic carbocycles. The van der Waals surface area contributed by atoms with E-state index in [1.54, 1.807) is 25.3 Å². The predicted molar refractivity (Wildman–Crippen MR) is 102 cm³/mol. The van der Waals surface area contributed by atoms with Gasteiger partial charge in [0.05, 0.1) is 15.9 Å². The molecular weight excluding hydrogens is 372 g/mol. The number of benzene rings is 1. The number of hydrogen-bond acceptors (Lipinski definition) is 7. The molecule has 0 saturated carbocycles. The topological polar surface area (TPSA) is 98.0 Å². The van der Waals surface area contributed by atoms with Crippen LogP contribution in [0, 0.1) is 10.1 Å². The van der Waals surface area contributed by atoms with E-state index >= 15 is 0 Å². The smallest absolute Gasteiger partial charge is 0.269 e. The van der Waals surface area contributed by atoms with Crippen LogP contribution in [0.25, 0.3) is 11.4 Å². The predicted octanol–water partition coefficient (Wildman–Crippen LogP) is 4.23. The molecule has 0 bridgehead atoms. The fourth-order valence-electron chi connectivity index (χ4n) is 2.07. The molecule has 2 aromatic heterocycles. The van der Waals surface area contributed by atoms with Gasteiger partial charge in [0.2, 0.25) is 5.91 Å². The van der Waals surface area contributed by atoms with Gasteiger partial charge >= 0.3 is 0 Å². The lowest BCUT2D eigenvalue weighted by Gasteiger charge is -2.10. The highest BCUT2D eigenvalue weighted by Gasteiger charge is 2.17. The SMILES string of the molecule is CC(Sc1ccc([N+](=O)[O-])cc1)C(=O)Nc1nc(-c2ccccn2)cs1. The van der Waals surface area contributed by atoms with Crippen molar-refractivity contribution in [1.82, 2.24) is 9.97 Å². The van der Waals surface area contributed by atoms with E-state index in [4.69, 9.17) is 0 Å². The molecule has 0 fully saturated rings. The summed E-state index contributed by atoms with van der Waals surface area (Å²) in [5.74, 6) is -0.185. The first-order chi connectivity index (χ1) is 12.5. The van der Waals surface area contributed by atoms with E-state index in [0.29, 0.717) is 10.8 Å². The van der Waals surface area contributed by atoms with Crippen molar-refractivity contribution < 1.29 is 9.72 Å². The van der Waals surface area contributed by atoms with E-state index in [2.05, 4.69) is 15.3 Å². The maximum atomic E-state index is 12.3. The molecule has 0 aliphatic heterocycles. The lowest BCUT2D eigenvalue weighted by atomic mass is 10.3. The fourth-order valence-corrected chi connectivity index (χ4v) is 3.65. The normalized spacial score (nSPS) is 11.7. The number of nitro groups is 1. The number of anilines is 1. The maximum Gasteiger partial charge on any atom is 0.269 e. The summed E-state index contributed by atoms with van der Waals surface area (Å²) in [7, 11) is 0. The number of nitro benzene ring substituents is 1. The number of carbonyl (C=O) groups excluding carboxylic acids is 1. The summed E-state index contributed by atoms with van der Waals surface area (Å²) in [5.41, 5.74) is 1.48. The van der Waals surface area contributed by atoms with E-state index in [1.807, 2.05) is 23.6 Å². The molecule has 26 heavy (non-hydrogen) atoms. The third-order valence-electron chi connectivity index (χ3n) is 3.39. The van der Waals surface area contributed by atoms with Gasteiger partial charge in [-0.1, -0.05) is 6.07 Å². The number of aromatic nitrogens is 2. The van der Waals surface area contributed by atoms with Gasteiger partial charge in [0.1, 0.15) is 5.69 Å². The summed E-state index contributed by atoms with van der Waals surface area (Å²) >= 11 is 2.66. The Morgan fingerprint density at radius 1 is 1.23 bits per heavy atom. The van der Waals surface area contributed by atoms with Gasteiger partial charge in [-0.2, -0.15) is 0 Å². The van der Waals surface area contributed by atoms with Crippen molar-refractivity contribution in [1.29, 1.82) is 0 Å². The van der Waals surface area contributed by atoms with Crippen molar-refractivity contribution in [3.05, 3.63) is 64.2 Å². The van der Waals surface area contributed by atoms with Crippen LogP contribution in [0.15, 0.2) is 58.9 Å². The van der Waals surface area contributed by atoms with Crippen LogP contribution >= 0.6 is 23.1 Å². The van der Waals surface area contributed by atoms with Gasteiger partial charge < -0.3 is 5.32 Å². The first-order valence-corrected chi connectivity index (χ1v) is 9.38. The number of hydrogen-bond donors (Lipinski definition) is 1. The van der Waals surface area contributed by atoms with Gasteiger partial charge in [0, 0.05) is 28.6 Å². The van der Waals surface area contributed by atoms with Gasteiger partial charge in [-0.25, -0.2) is 4.98 Å². The quantitative estimate of drug-likeness (QED) is 0.387. The molecule has 1 atom stereocenters. The summed E-state index contributed by atoms with van der Waals surface area (Å²) in [6.45, 7) is 1.77. The number of thiazole rings is 1. The number of non-ortho nitro benzene ring substituents is 1. The Balaban J connectivity index is 1.61. The number of pyridine rings is 1. The molecule has 0 saturated heterocycles. The van der Waals surface area contributed by atoms with Crippen molar-refractivity contribution in [2.24, 2.45) is 0 Å². The Bertz CT molecular complexity index is 913. The second-order valence-electron chi connectivity index (χ2n) is 5.25. The molecule has 0 spiro atoms. The number of amides is 1. The highest BCUT2D eigenvalue weighted by Crippen LogP contribution is 2.27. The first kappa shape index (κ1) is 18.0. The Labute approximate surface area is 157 Å². The van der Waals surface area contributed by atoms with Crippen LogP contribution in [0.3, 0.4) is 0 Å². The van der Waals surface area contributed by atoms with Crippen molar-refractivity contribution >= 4 is 39.8 Å². The zero-order valence-electron chi connectivity index (χ0n) is 13.7. The van der Waals surface area contributed by atoms with Gasteiger partial charge in [-0.05, 0) is 31.2 Å². The standard InChI is InChI=1S/C17H14N4O3S2/c1-11(26-13-7-5-12(6-8-13)21(23)24)16(22)20-17-19-15(10-25-17)14-4-2-3-9-18-14/h2-11H,1H3,(H,19,20,22). The fraction of sp³-hybridized carbons (Fsp3) is 0.118. The van der Waals surface area contributed by atoms with Crippen LogP contribution in [0.1, 0.15) is 6.92 Å². The number of rotatable bonds is 6. The summed E-state index contributed by atoms with van der Waals surface area (Å²) in [4.78, 5) is 32.0. The molecular formula is C17H14N4O3S2. The molecule has 0 aliphatic rings. The highest BCUT2D eigenvalue weighted by atomic mass is 32.2. The van der Waals surface area contributed by atoms with Gasteiger partial charge in [0.15, 0.2) is 5.13 Å². The Kier molecular flexibility index (Phi) is 5.59. The summed E-state index contributed by atoms with van der Waals surface area (Å²) in [6.07, 6.45) is 1.69. The Morgan fingerprint density at radius 2 is 2.00 bits per heavy atom. The number of thioether (sulfide) groups is 1. The van der Waals surface area contributed by atoms with Crippen LogP contribution in [-0.4, -0.2) is 26.0 Å². The number of carbonyl (C=O) groups is 1. The van der Waals surface area contributed by atoms with E-state index in [0.717, 1.165) is 10.6 Å². The van der Waals surface area contributed by atoms with Gasteiger partial charge in [-0.15, -0.1) is 23.1 Å². The minimum Gasteiger partial charge on any atom is -0.301 e. The lowest BCUT2D eigenvalue weighted by molar-refractivity contribution is -0.384. The summed E-state index contributed by atoms with van der Waals surface area (Å²) in [5, 5.41) is 15.4. The van der Waals surface area contributed by atoms with Crippen molar-refractivity contribution in [2.45, 2.75) is 17.1 Å². The largest absolute Gasteiger partial charge is 0.301 e. The molecule has 1 unspecified atom stereocenters. The average molecular weight is 386 g/mol. The van der Waals surface area contributed by atoms with Crippen LogP contribution in [0.4, 0.5) is 10.8 Å². The molecule has 1 aromatic carbocycles. The third kappa shape index (κ3) is 4.44. The lowest BCUT2D eigenvalue weighted by Crippen LogP contribution is -2.22. The molecule has 9 heteroatoms. The van der Waals surface area contributed by atoms with Gasteiger partial charge in [-0.3, -0.25) is 19.9 Å². The molecule has 1 N–H and O–H groups in total. The van der Waals surface area contributed by atoms with Crippen LogP contribution in [0.5, 0.6) is 0 Å². The zero-order chi connectivity index (χ0) is 18.5. The van der Waals surface area contributed by atoms with E-state index < -0.39 is 4.92 Å². The molecule has 3 aromatic rings. The second-order valence-corrected chi connectivity index (χ2v) is 7.53. The van der Waals surface area contributed by atoms with Crippen LogP contribution < -0.4 is 5.32 Å². The molecule has 1 amide bonds. The molecule has 0 radical (unpaired) electrons. The molecule has 132 valence electrons. The highest BCUT2D eigenvalue weighted by molar-refractivity contribution is 8.00. The summed E-state index contributed by atoms with van der Waals surface area (Å²) < 4.78 is 0. The Morgan fingerprint density at radius 3 is 2.65 bits per heavy atom. The molecule has 3 rings (SSSR count). The monoisotopic (exact) mass is 386 g/mol. The number of nitrogens with zero attached hydrogens (tertiary/aromatic N) is 3. The van der Waals surface area contributed by atoms with Crippen LogP contribution in [0.2, 0.25) is 0 Å². The third-order valence-corrected chi connectivity index (χ3v) is 5.26. The average Bonchev–Trinajstić information content (AvgIpc) is 3.11. The second kappa shape index (κ2) is 8.07. The van der Waals surface area contributed by atoms with Crippen molar-refractivity contribution in [2.75, 3.05) is 5.32 Å². The van der Waals surface area contributed by atoms with Crippen molar-refractivity contribution in [3.63, 3.8) is 0 Å². The Hall–Kier alpha value is -2.78. The minimum absolute atomic E-state index is 0.0243. The summed E-state index contributed by atoms with van der Waals surface area (Å²) in [6, 6.07) is 11.7. The number of nitrogens with one attached hydrogen (secondary N) is 1.